The minimum Gasteiger partial charge on any atom is -0.497 e. The van der Waals surface area contributed by atoms with Crippen LogP contribution in [0.15, 0.2) is 93.9 Å². The van der Waals surface area contributed by atoms with Crippen LogP contribution in [0.4, 0.5) is 11.4 Å². The maximum absolute atomic E-state index is 13.8. The fourth-order valence-corrected chi connectivity index (χ4v) is 5.62. The Labute approximate surface area is 206 Å². The third-order valence-corrected chi connectivity index (χ3v) is 7.82. The lowest BCUT2D eigenvalue weighted by molar-refractivity contribution is -0.117. The van der Waals surface area contributed by atoms with E-state index in [4.69, 9.17) is 4.74 Å². The Kier molecular flexibility index (Phi) is 6.51. The molecule has 0 saturated carbocycles. The van der Waals surface area contributed by atoms with E-state index in [0.717, 1.165) is 32.5 Å². The van der Waals surface area contributed by atoms with Gasteiger partial charge >= 0.3 is 0 Å². The Balaban J connectivity index is 1.39. The number of aromatic nitrogens is 3. The molecule has 1 atom stereocenters. The second-order valence-corrected chi connectivity index (χ2v) is 9.83. The van der Waals surface area contributed by atoms with Crippen LogP contribution in [0, 0.1) is 0 Å². The molecule has 0 radical (unpaired) electrons. The first-order valence-corrected chi connectivity index (χ1v) is 12.6. The fraction of sp³-hybridized carbons (Fsp3) is 0.154. The van der Waals surface area contributed by atoms with E-state index in [1.54, 1.807) is 25.1 Å². The number of ether oxygens (including phenoxy) is 1. The van der Waals surface area contributed by atoms with Crippen LogP contribution in [0.5, 0.6) is 5.75 Å². The number of hydrogen-bond donors (Lipinski definition) is 0. The molecule has 5 rings (SSSR count). The molecule has 0 spiro atoms. The van der Waals surface area contributed by atoms with Crippen LogP contribution in [-0.2, 0) is 4.79 Å². The normalized spacial score (nSPS) is 13.1. The van der Waals surface area contributed by atoms with E-state index < -0.39 is 0 Å². The van der Waals surface area contributed by atoms with Crippen LogP contribution < -0.4 is 9.64 Å². The number of benzene rings is 3. The van der Waals surface area contributed by atoms with Crippen molar-refractivity contribution in [3.8, 4) is 17.0 Å². The Morgan fingerprint density at radius 1 is 0.971 bits per heavy atom. The zero-order chi connectivity index (χ0) is 23.5. The number of carbonyl (C=O) groups is 1. The van der Waals surface area contributed by atoms with Crippen LogP contribution in [0.2, 0.25) is 0 Å². The van der Waals surface area contributed by atoms with E-state index in [1.165, 1.54) is 11.8 Å². The van der Waals surface area contributed by atoms with E-state index in [-0.39, 0.29) is 11.2 Å². The number of methoxy groups -OCH3 is 1. The van der Waals surface area contributed by atoms with Crippen molar-refractivity contribution in [1.82, 2.24) is 15.2 Å². The lowest BCUT2D eigenvalue weighted by atomic mass is 10.2. The van der Waals surface area contributed by atoms with Crippen molar-refractivity contribution >= 4 is 40.8 Å². The number of para-hydroxylation sites is 2. The third kappa shape index (κ3) is 4.38. The van der Waals surface area contributed by atoms with Crippen LogP contribution in [0.25, 0.3) is 11.3 Å². The van der Waals surface area contributed by atoms with Crippen molar-refractivity contribution in [3.63, 3.8) is 0 Å². The molecule has 1 unspecified atom stereocenters. The molecule has 6 nitrogen and oxygen atoms in total. The second kappa shape index (κ2) is 9.87. The van der Waals surface area contributed by atoms with Gasteiger partial charge in [0.05, 0.1) is 29.9 Å². The first kappa shape index (κ1) is 22.4. The van der Waals surface area contributed by atoms with Crippen LogP contribution in [-0.4, -0.2) is 33.4 Å². The van der Waals surface area contributed by atoms with Crippen LogP contribution in [0.3, 0.4) is 0 Å². The Hall–Kier alpha value is -3.36. The smallest absolute Gasteiger partial charge is 0.245 e. The van der Waals surface area contributed by atoms with Gasteiger partial charge in [-0.25, -0.2) is 4.98 Å². The first-order chi connectivity index (χ1) is 16.7. The number of hydrogen-bond acceptors (Lipinski definition) is 7. The van der Waals surface area contributed by atoms with E-state index in [0.29, 0.717) is 17.3 Å². The molecule has 34 heavy (non-hydrogen) atoms. The molecule has 8 heteroatoms. The largest absolute Gasteiger partial charge is 0.497 e. The molecule has 0 saturated heterocycles. The summed E-state index contributed by atoms with van der Waals surface area (Å²) in [5.41, 5.74) is 3.38. The van der Waals surface area contributed by atoms with Crippen LogP contribution >= 0.6 is 23.5 Å². The minimum absolute atomic E-state index is 0.00975. The Morgan fingerprint density at radius 2 is 1.62 bits per heavy atom. The van der Waals surface area contributed by atoms with Gasteiger partial charge in [0.25, 0.3) is 0 Å². The number of carbonyl (C=O) groups excluding carboxylic acids is 1. The number of fused-ring (bicyclic) bond motifs is 2. The van der Waals surface area contributed by atoms with Gasteiger partial charge in [0.1, 0.15) is 11.4 Å². The molecule has 1 aliphatic rings. The maximum atomic E-state index is 13.8. The van der Waals surface area contributed by atoms with Gasteiger partial charge in [-0.05, 0) is 55.0 Å². The summed E-state index contributed by atoms with van der Waals surface area (Å²) in [6.45, 7) is 2.01. The minimum atomic E-state index is -0.349. The SMILES string of the molecule is CCC(Sc1ncc(-c2ccc(OC)cc2)nn1)C(=O)N1c2ccccc2Sc2ccccc21. The summed E-state index contributed by atoms with van der Waals surface area (Å²) >= 11 is 3.03. The predicted octanol–water partition coefficient (Wildman–Crippen LogP) is 6.25. The number of amides is 1. The van der Waals surface area contributed by atoms with E-state index >= 15 is 0 Å². The molecule has 2 heterocycles. The zero-order valence-electron chi connectivity index (χ0n) is 18.7. The standard InChI is InChI=1S/C26H22N4O2S2/c1-3-22(34-26-27-16-19(28-29-26)17-12-14-18(32-2)15-13-17)25(31)30-20-8-4-6-10-23(20)33-24-11-7-5-9-21(24)30/h4-16,22H,3H2,1-2H3. The number of thioether (sulfide) groups is 1. The molecule has 3 aromatic carbocycles. The highest BCUT2D eigenvalue weighted by Gasteiger charge is 2.32. The molecular formula is C26H22N4O2S2. The monoisotopic (exact) mass is 486 g/mol. The molecule has 0 aliphatic carbocycles. The van der Waals surface area contributed by atoms with Gasteiger partial charge in [-0.3, -0.25) is 9.69 Å². The van der Waals surface area contributed by atoms with Gasteiger partial charge < -0.3 is 4.74 Å². The van der Waals surface area contributed by atoms with Crippen LogP contribution in [0.1, 0.15) is 13.3 Å². The lowest BCUT2D eigenvalue weighted by Gasteiger charge is -2.33. The van der Waals surface area contributed by atoms with E-state index in [1.807, 2.05) is 72.5 Å². The average molecular weight is 487 g/mol. The van der Waals surface area contributed by atoms with Crippen molar-refractivity contribution in [2.75, 3.05) is 12.0 Å². The fourth-order valence-electron chi connectivity index (χ4n) is 3.73. The zero-order valence-corrected chi connectivity index (χ0v) is 20.3. The van der Waals surface area contributed by atoms with Gasteiger partial charge in [0, 0.05) is 15.4 Å². The summed E-state index contributed by atoms with van der Waals surface area (Å²) in [7, 11) is 1.63. The highest BCUT2D eigenvalue weighted by Crippen LogP contribution is 2.48. The van der Waals surface area contributed by atoms with Crippen molar-refractivity contribution in [2.45, 2.75) is 33.5 Å². The van der Waals surface area contributed by atoms with Gasteiger partial charge in [-0.2, -0.15) is 0 Å². The molecule has 0 fully saturated rings. The summed E-state index contributed by atoms with van der Waals surface area (Å²) in [4.78, 5) is 22.3. The van der Waals surface area contributed by atoms with Gasteiger partial charge in [-0.15, -0.1) is 10.2 Å². The summed E-state index contributed by atoms with van der Waals surface area (Å²) in [6, 6.07) is 23.6. The molecule has 1 amide bonds. The lowest BCUT2D eigenvalue weighted by Crippen LogP contribution is -2.35. The third-order valence-electron chi connectivity index (χ3n) is 5.47. The van der Waals surface area contributed by atoms with Crippen molar-refractivity contribution in [3.05, 3.63) is 79.0 Å². The topological polar surface area (TPSA) is 68.2 Å². The summed E-state index contributed by atoms with van der Waals surface area (Å²) in [5.74, 6) is 0.788. The second-order valence-electron chi connectivity index (χ2n) is 7.58. The number of anilines is 2. The predicted molar refractivity (Wildman–Crippen MR) is 136 cm³/mol. The number of rotatable bonds is 6. The van der Waals surface area contributed by atoms with Crippen molar-refractivity contribution < 1.29 is 9.53 Å². The Bertz CT molecular complexity index is 1270. The molecule has 170 valence electrons. The molecule has 1 aromatic heterocycles. The summed E-state index contributed by atoms with van der Waals surface area (Å²) < 4.78 is 5.20. The molecule has 0 bridgehead atoms. The van der Waals surface area contributed by atoms with Crippen molar-refractivity contribution in [1.29, 1.82) is 0 Å². The Morgan fingerprint density at radius 3 is 2.18 bits per heavy atom. The average Bonchev–Trinajstić information content (AvgIpc) is 2.90. The summed E-state index contributed by atoms with van der Waals surface area (Å²) in [6.07, 6.45) is 2.33. The highest BCUT2D eigenvalue weighted by atomic mass is 32.2. The first-order valence-electron chi connectivity index (χ1n) is 10.9. The molecule has 1 aliphatic heterocycles. The van der Waals surface area contributed by atoms with Gasteiger partial charge in [-0.1, -0.05) is 54.7 Å². The van der Waals surface area contributed by atoms with Gasteiger partial charge in [0.15, 0.2) is 0 Å². The van der Waals surface area contributed by atoms with E-state index in [9.17, 15) is 4.79 Å². The molecule has 4 aromatic rings. The quantitative estimate of drug-likeness (QED) is 0.299. The van der Waals surface area contributed by atoms with Crippen molar-refractivity contribution in [2.24, 2.45) is 0 Å². The number of nitrogens with zero attached hydrogens (tertiary/aromatic N) is 4. The van der Waals surface area contributed by atoms with Gasteiger partial charge in [0.2, 0.25) is 11.1 Å². The highest BCUT2D eigenvalue weighted by molar-refractivity contribution is 8.00. The molecular weight excluding hydrogens is 464 g/mol. The maximum Gasteiger partial charge on any atom is 0.245 e. The molecule has 0 N–H and O–H groups in total. The summed E-state index contributed by atoms with van der Waals surface area (Å²) in [5, 5.41) is 8.76. The van der Waals surface area contributed by atoms with E-state index in [2.05, 4.69) is 27.3 Å².